The van der Waals surface area contributed by atoms with Gasteiger partial charge < -0.3 is 9.31 Å². The largest absolute Gasteiger partial charge is 0.494 e. The van der Waals surface area contributed by atoms with E-state index in [1.807, 2.05) is 53.7 Å². The molecule has 4 rings (SSSR count). The van der Waals surface area contributed by atoms with Crippen LogP contribution in [0.5, 0.6) is 0 Å². The first-order chi connectivity index (χ1) is 16.9. The number of hydrogen-bond donors (Lipinski definition) is 0. The highest BCUT2D eigenvalue weighted by Crippen LogP contribution is 2.37. The highest BCUT2D eigenvalue weighted by Gasteiger charge is 2.51. The number of sulfone groups is 2. The fraction of sp³-hybridized carbons (Fsp3) is 0.556. The lowest BCUT2D eigenvalue weighted by molar-refractivity contribution is 0.00578. The maximum atomic E-state index is 12.3. The molecule has 1 saturated heterocycles. The monoisotopic (exact) mass is 612 g/mol. The topological polar surface area (TPSA) is 86.7 Å². The fourth-order valence-corrected chi connectivity index (χ4v) is 7.73. The van der Waals surface area contributed by atoms with Crippen LogP contribution in [-0.4, -0.2) is 46.2 Å². The molecule has 0 unspecified atom stereocenters. The molecule has 0 atom stereocenters. The summed E-state index contributed by atoms with van der Waals surface area (Å²) in [4.78, 5) is 0.861. The van der Waals surface area contributed by atoms with Crippen molar-refractivity contribution in [2.45, 2.75) is 94.5 Å². The SMILES string of the molecule is Cc1cc(B2OC(C)(C)C(C)(C)O2)ccc1S(=O)(=O)C(C)C.Cc1cc(Br)ccc1S(=O)(=O)CC1CC1. The van der Waals surface area contributed by atoms with E-state index in [4.69, 9.17) is 9.31 Å². The van der Waals surface area contributed by atoms with Crippen LogP contribution in [-0.2, 0) is 29.0 Å². The molecule has 0 spiro atoms. The summed E-state index contributed by atoms with van der Waals surface area (Å²) in [6, 6.07) is 10.6. The first kappa shape index (κ1) is 30.3. The average molecular weight is 613 g/mol. The van der Waals surface area contributed by atoms with Gasteiger partial charge in [0.05, 0.1) is 32.0 Å². The van der Waals surface area contributed by atoms with Crippen LogP contribution in [0.3, 0.4) is 0 Å². The molecule has 2 aliphatic rings. The number of aryl methyl sites for hydroxylation is 2. The third kappa shape index (κ3) is 6.88. The molecule has 0 N–H and O–H groups in total. The minimum absolute atomic E-state index is 0.315. The van der Waals surface area contributed by atoms with Gasteiger partial charge in [-0.1, -0.05) is 28.1 Å². The molecule has 0 aromatic heterocycles. The van der Waals surface area contributed by atoms with Gasteiger partial charge in [-0.3, -0.25) is 0 Å². The summed E-state index contributed by atoms with van der Waals surface area (Å²) in [6.07, 6.45) is 2.13. The summed E-state index contributed by atoms with van der Waals surface area (Å²) in [5, 5.41) is -0.436. The highest BCUT2D eigenvalue weighted by molar-refractivity contribution is 9.10. The lowest BCUT2D eigenvalue weighted by atomic mass is 9.78. The Labute approximate surface area is 231 Å². The van der Waals surface area contributed by atoms with Gasteiger partial charge in [0.1, 0.15) is 0 Å². The van der Waals surface area contributed by atoms with Crippen LogP contribution in [0.1, 0.15) is 65.5 Å². The van der Waals surface area contributed by atoms with Crippen molar-refractivity contribution in [3.8, 4) is 0 Å². The summed E-state index contributed by atoms with van der Waals surface area (Å²) in [6.45, 7) is 15.0. The Hall–Kier alpha value is -1.20. The van der Waals surface area contributed by atoms with Gasteiger partial charge in [0.15, 0.2) is 19.7 Å². The summed E-state index contributed by atoms with van der Waals surface area (Å²) in [5.74, 6) is 0.716. The van der Waals surface area contributed by atoms with Crippen molar-refractivity contribution in [3.05, 3.63) is 52.0 Å². The van der Waals surface area contributed by atoms with E-state index in [1.54, 1.807) is 38.1 Å². The maximum absolute atomic E-state index is 12.3. The Balaban J connectivity index is 0.000000220. The molecule has 10 heteroatoms. The zero-order chi connectivity index (χ0) is 28.0. The Kier molecular flexibility index (Phi) is 8.82. The predicted octanol–water partition coefficient (Wildman–Crippen LogP) is 5.42. The smallest absolute Gasteiger partial charge is 0.399 e. The van der Waals surface area contributed by atoms with E-state index < -0.39 is 43.2 Å². The first-order valence-electron chi connectivity index (χ1n) is 12.6. The minimum atomic E-state index is -3.28. The van der Waals surface area contributed by atoms with Crippen LogP contribution in [0.15, 0.2) is 50.7 Å². The van der Waals surface area contributed by atoms with Crippen LogP contribution in [0.25, 0.3) is 0 Å². The second kappa shape index (κ2) is 10.8. The van der Waals surface area contributed by atoms with Crippen LogP contribution >= 0.6 is 15.9 Å². The van der Waals surface area contributed by atoms with E-state index in [0.29, 0.717) is 21.5 Å². The van der Waals surface area contributed by atoms with Gasteiger partial charge in [-0.15, -0.1) is 0 Å². The van der Waals surface area contributed by atoms with Crippen LogP contribution in [0, 0.1) is 19.8 Å². The molecule has 204 valence electrons. The van der Waals surface area contributed by atoms with E-state index >= 15 is 0 Å². The maximum Gasteiger partial charge on any atom is 0.494 e. The summed E-state index contributed by atoms with van der Waals surface area (Å²) in [5.41, 5.74) is 1.58. The first-order valence-corrected chi connectivity index (χ1v) is 16.6. The molecular weight excluding hydrogens is 575 g/mol. The highest BCUT2D eigenvalue weighted by atomic mass is 79.9. The molecule has 1 aliphatic carbocycles. The number of rotatable bonds is 6. The minimum Gasteiger partial charge on any atom is -0.399 e. The van der Waals surface area contributed by atoms with E-state index in [-0.39, 0.29) is 0 Å². The number of halogens is 1. The van der Waals surface area contributed by atoms with E-state index in [2.05, 4.69) is 15.9 Å². The molecule has 37 heavy (non-hydrogen) atoms. The Bertz CT molecular complexity index is 1350. The lowest BCUT2D eigenvalue weighted by Crippen LogP contribution is -2.41. The van der Waals surface area contributed by atoms with Gasteiger partial charge >= 0.3 is 7.12 Å². The lowest BCUT2D eigenvalue weighted by Gasteiger charge is -2.32. The van der Waals surface area contributed by atoms with Crippen LogP contribution < -0.4 is 5.46 Å². The molecule has 1 heterocycles. The summed E-state index contributed by atoms with van der Waals surface area (Å²) >= 11 is 3.33. The Morgan fingerprint density at radius 3 is 1.86 bits per heavy atom. The van der Waals surface area contributed by atoms with E-state index in [9.17, 15) is 16.8 Å². The summed E-state index contributed by atoms with van der Waals surface area (Å²) in [7, 11) is -6.81. The van der Waals surface area contributed by atoms with Gasteiger partial charge in [0, 0.05) is 4.47 Å². The zero-order valence-electron chi connectivity index (χ0n) is 23.0. The van der Waals surface area contributed by atoms with Crippen molar-refractivity contribution < 1.29 is 26.1 Å². The molecular formula is C27H38BBrO6S2. The third-order valence-electron chi connectivity index (χ3n) is 7.28. The standard InChI is InChI=1S/C16H25BO4S.C11H13BrO2S/c1-11(2)22(18,19)14-9-8-13(10-12(14)3)17-20-15(4,5)16(6,7)21-17;1-8-6-10(12)4-5-11(8)15(13,14)7-9-2-3-9/h8-11H,1-7H3;4-6,9H,2-3,7H2,1H3. The Morgan fingerprint density at radius 2 is 1.41 bits per heavy atom. The molecule has 0 amide bonds. The molecule has 1 saturated carbocycles. The fourth-order valence-electron chi connectivity index (χ4n) is 4.02. The van der Waals surface area contributed by atoms with Crippen molar-refractivity contribution in [2.24, 2.45) is 5.92 Å². The molecule has 1 aliphatic heterocycles. The molecule has 2 aromatic carbocycles. The molecule has 6 nitrogen and oxygen atoms in total. The van der Waals surface area contributed by atoms with Gasteiger partial charge in [0.2, 0.25) is 0 Å². The number of benzene rings is 2. The van der Waals surface area contributed by atoms with Gasteiger partial charge in [-0.05, 0) is 115 Å². The summed E-state index contributed by atoms with van der Waals surface area (Å²) < 4.78 is 61.6. The Morgan fingerprint density at radius 1 is 0.892 bits per heavy atom. The predicted molar refractivity (Wildman–Crippen MR) is 153 cm³/mol. The number of hydrogen-bond acceptors (Lipinski definition) is 6. The van der Waals surface area contributed by atoms with Gasteiger partial charge in [-0.25, -0.2) is 16.8 Å². The van der Waals surface area contributed by atoms with Crippen molar-refractivity contribution in [1.29, 1.82) is 0 Å². The molecule has 0 bridgehead atoms. The molecule has 2 fully saturated rings. The quantitative estimate of drug-likeness (QED) is 0.405. The van der Waals surface area contributed by atoms with Crippen molar-refractivity contribution >= 4 is 48.2 Å². The average Bonchev–Trinajstić information content (AvgIpc) is 3.51. The third-order valence-corrected chi connectivity index (χ3v) is 12.1. The van der Waals surface area contributed by atoms with Crippen LogP contribution in [0.2, 0.25) is 0 Å². The van der Waals surface area contributed by atoms with Crippen molar-refractivity contribution in [3.63, 3.8) is 0 Å². The molecule has 2 aromatic rings. The van der Waals surface area contributed by atoms with E-state index in [0.717, 1.165) is 33.9 Å². The van der Waals surface area contributed by atoms with Gasteiger partial charge in [-0.2, -0.15) is 0 Å². The van der Waals surface area contributed by atoms with Crippen molar-refractivity contribution in [1.82, 2.24) is 0 Å². The van der Waals surface area contributed by atoms with Crippen LogP contribution in [0.4, 0.5) is 0 Å². The molecule has 0 radical (unpaired) electrons. The van der Waals surface area contributed by atoms with Gasteiger partial charge in [0.25, 0.3) is 0 Å². The van der Waals surface area contributed by atoms with E-state index in [1.165, 1.54) is 0 Å². The normalized spacial score (nSPS) is 19.0. The second-order valence-electron chi connectivity index (χ2n) is 11.3. The zero-order valence-corrected chi connectivity index (χ0v) is 26.2. The second-order valence-corrected chi connectivity index (χ2v) is 16.7. The van der Waals surface area contributed by atoms with Crippen molar-refractivity contribution in [2.75, 3.05) is 5.75 Å².